The lowest BCUT2D eigenvalue weighted by Gasteiger charge is -2.35. The second-order valence-electron chi connectivity index (χ2n) is 3.18. The van der Waals surface area contributed by atoms with Crippen LogP contribution < -0.4 is 5.32 Å². The molecule has 0 saturated heterocycles. The highest BCUT2D eigenvalue weighted by Crippen LogP contribution is 2.23. The Morgan fingerprint density at radius 3 is 2.85 bits per heavy atom. The molecule has 0 amide bonds. The standard InChI is InChI=1S/C9H15Cl2NO/c1-2-13-9-3-8(4-9)12-6-7(11)5-10/h5,8-9,12H,2-4,6H2,1H3. The molecule has 1 aliphatic rings. The zero-order valence-electron chi connectivity index (χ0n) is 7.72. The van der Waals surface area contributed by atoms with E-state index in [0.717, 1.165) is 19.4 Å². The minimum Gasteiger partial charge on any atom is -0.378 e. The molecule has 0 atom stereocenters. The maximum Gasteiger partial charge on any atom is 0.0604 e. The molecular formula is C9H15Cl2NO. The molecule has 1 saturated carbocycles. The summed E-state index contributed by atoms with van der Waals surface area (Å²) in [6, 6.07) is 0.543. The summed E-state index contributed by atoms with van der Waals surface area (Å²) < 4.78 is 5.43. The van der Waals surface area contributed by atoms with E-state index in [9.17, 15) is 0 Å². The van der Waals surface area contributed by atoms with Gasteiger partial charge in [-0.05, 0) is 19.8 Å². The summed E-state index contributed by atoms with van der Waals surface area (Å²) in [6.45, 7) is 3.49. The van der Waals surface area contributed by atoms with Crippen molar-refractivity contribution in [3.63, 3.8) is 0 Å². The van der Waals surface area contributed by atoms with Crippen molar-refractivity contribution in [1.29, 1.82) is 0 Å². The molecule has 0 unspecified atom stereocenters. The number of hydrogen-bond donors (Lipinski definition) is 1. The number of halogens is 2. The van der Waals surface area contributed by atoms with Crippen LogP contribution in [-0.4, -0.2) is 25.3 Å². The van der Waals surface area contributed by atoms with E-state index in [1.54, 1.807) is 0 Å². The van der Waals surface area contributed by atoms with Crippen LogP contribution in [0, 0.1) is 0 Å². The zero-order chi connectivity index (χ0) is 9.68. The van der Waals surface area contributed by atoms with E-state index in [1.807, 2.05) is 6.92 Å². The van der Waals surface area contributed by atoms with Gasteiger partial charge >= 0.3 is 0 Å². The molecule has 13 heavy (non-hydrogen) atoms. The van der Waals surface area contributed by atoms with Gasteiger partial charge < -0.3 is 10.1 Å². The van der Waals surface area contributed by atoms with Crippen molar-refractivity contribution in [2.24, 2.45) is 0 Å². The van der Waals surface area contributed by atoms with Crippen LogP contribution >= 0.6 is 23.2 Å². The van der Waals surface area contributed by atoms with Crippen molar-refractivity contribution < 1.29 is 4.74 Å². The van der Waals surface area contributed by atoms with E-state index < -0.39 is 0 Å². The molecular weight excluding hydrogens is 209 g/mol. The largest absolute Gasteiger partial charge is 0.378 e. The SMILES string of the molecule is CCOC1CC(NCC(Cl)=CCl)C1. The molecule has 1 fully saturated rings. The molecule has 0 aromatic heterocycles. The Morgan fingerprint density at radius 2 is 2.31 bits per heavy atom. The van der Waals surface area contributed by atoms with Gasteiger partial charge in [0.25, 0.3) is 0 Å². The fraction of sp³-hybridized carbons (Fsp3) is 0.778. The third-order valence-corrected chi connectivity index (χ3v) is 2.79. The van der Waals surface area contributed by atoms with Gasteiger partial charge in [-0.15, -0.1) is 0 Å². The summed E-state index contributed by atoms with van der Waals surface area (Å²) in [5, 5.41) is 3.95. The average molecular weight is 224 g/mol. The van der Waals surface area contributed by atoms with Gasteiger partial charge in [0.15, 0.2) is 0 Å². The third kappa shape index (κ3) is 3.86. The highest BCUT2D eigenvalue weighted by atomic mass is 35.5. The molecule has 4 heteroatoms. The Hall–Kier alpha value is 0.240. The molecule has 76 valence electrons. The molecule has 1 N–H and O–H groups in total. The summed E-state index contributed by atoms with van der Waals surface area (Å²) >= 11 is 11.1. The number of rotatable bonds is 5. The van der Waals surface area contributed by atoms with Gasteiger partial charge in [0.2, 0.25) is 0 Å². The van der Waals surface area contributed by atoms with Gasteiger partial charge in [-0.1, -0.05) is 23.2 Å². The van der Waals surface area contributed by atoms with Gasteiger partial charge in [0, 0.05) is 29.8 Å². The Balaban J connectivity index is 2.02. The van der Waals surface area contributed by atoms with Gasteiger partial charge in [-0.25, -0.2) is 0 Å². The van der Waals surface area contributed by atoms with Crippen LogP contribution in [0.5, 0.6) is 0 Å². The highest BCUT2D eigenvalue weighted by molar-refractivity contribution is 6.36. The molecule has 0 spiro atoms. The highest BCUT2D eigenvalue weighted by Gasteiger charge is 2.28. The van der Waals surface area contributed by atoms with Gasteiger partial charge in [-0.3, -0.25) is 0 Å². The lowest BCUT2D eigenvalue weighted by Crippen LogP contribution is -2.45. The Bertz CT molecular complexity index is 178. The number of nitrogens with one attached hydrogen (secondary N) is 1. The Kier molecular flexibility index (Phi) is 5.10. The summed E-state index contributed by atoms with van der Waals surface area (Å²) in [6.07, 6.45) is 2.61. The van der Waals surface area contributed by atoms with Crippen LogP contribution in [0.3, 0.4) is 0 Å². The molecule has 0 aromatic rings. The van der Waals surface area contributed by atoms with Crippen LogP contribution in [-0.2, 0) is 4.74 Å². The summed E-state index contributed by atoms with van der Waals surface area (Å²) in [7, 11) is 0. The molecule has 1 aliphatic carbocycles. The van der Waals surface area contributed by atoms with Crippen LogP contribution in [0.15, 0.2) is 10.6 Å². The van der Waals surface area contributed by atoms with Crippen molar-refractivity contribution >= 4 is 23.2 Å². The van der Waals surface area contributed by atoms with E-state index >= 15 is 0 Å². The first-order valence-electron chi connectivity index (χ1n) is 4.56. The molecule has 0 bridgehead atoms. The van der Waals surface area contributed by atoms with E-state index in [0.29, 0.717) is 23.7 Å². The quantitative estimate of drug-likeness (QED) is 0.774. The van der Waals surface area contributed by atoms with Crippen molar-refractivity contribution in [2.45, 2.75) is 31.9 Å². The van der Waals surface area contributed by atoms with E-state index in [2.05, 4.69) is 5.32 Å². The first-order valence-corrected chi connectivity index (χ1v) is 5.37. The molecule has 1 rings (SSSR count). The van der Waals surface area contributed by atoms with Crippen molar-refractivity contribution in [3.8, 4) is 0 Å². The minimum absolute atomic E-state index is 0.446. The van der Waals surface area contributed by atoms with Crippen molar-refractivity contribution in [2.75, 3.05) is 13.2 Å². The van der Waals surface area contributed by atoms with Gasteiger partial charge in [0.1, 0.15) is 0 Å². The van der Waals surface area contributed by atoms with Gasteiger partial charge in [0.05, 0.1) is 6.10 Å². The average Bonchev–Trinajstić information content (AvgIpc) is 2.08. The normalized spacial score (nSPS) is 28.7. The van der Waals surface area contributed by atoms with Crippen molar-refractivity contribution in [3.05, 3.63) is 10.6 Å². The van der Waals surface area contributed by atoms with Crippen LogP contribution in [0.25, 0.3) is 0 Å². The van der Waals surface area contributed by atoms with Crippen molar-refractivity contribution in [1.82, 2.24) is 5.32 Å². The maximum atomic E-state index is 5.72. The maximum absolute atomic E-state index is 5.72. The summed E-state index contributed by atoms with van der Waals surface area (Å²) in [4.78, 5) is 0. The Labute approximate surface area is 89.2 Å². The predicted octanol–water partition coefficient (Wildman–Crippen LogP) is 2.46. The first kappa shape index (κ1) is 11.3. The third-order valence-electron chi connectivity index (χ3n) is 2.18. The smallest absolute Gasteiger partial charge is 0.0604 e. The second kappa shape index (κ2) is 5.86. The lowest BCUT2D eigenvalue weighted by molar-refractivity contribution is -0.00904. The number of hydrogen-bond acceptors (Lipinski definition) is 2. The molecule has 0 heterocycles. The van der Waals surface area contributed by atoms with E-state index in [1.165, 1.54) is 5.54 Å². The van der Waals surface area contributed by atoms with E-state index in [4.69, 9.17) is 27.9 Å². The second-order valence-corrected chi connectivity index (χ2v) is 3.89. The molecule has 2 nitrogen and oxygen atoms in total. The fourth-order valence-electron chi connectivity index (χ4n) is 1.38. The lowest BCUT2D eigenvalue weighted by atomic mass is 9.89. The number of ether oxygens (including phenoxy) is 1. The van der Waals surface area contributed by atoms with Crippen LogP contribution in [0.4, 0.5) is 0 Å². The zero-order valence-corrected chi connectivity index (χ0v) is 9.24. The topological polar surface area (TPSA) is 21.3 Å². The summed E-state index contributed by atoms with van der Waals surface area (Å²) in [5.74, 6) is 0. The minimum atomic E-state index is 0.446. The summed E-state index contributed by atoms with van der Waals surface area (Å²) in [5.41, 5.74) is 1.40. The predicted molar refractivity (Wildman–Crippen MR) is 56.2 cm³/mol. The fourth-order valence-corrected chi connectivity index (χ4v) is 1.54. The van der Waals surface area contributed by atoms with E-state index in [-0.39, 0.29) is 0 Å². The first-order chi connectivity index (χ1) is 6.26. The molecule has 0 aliphatic heterocycles. The molecule has 0 radical (unpaired) electrons. The van der Waals surface area contributed by atoms with Crippen LogP contribution in [0.1, 0.15) is 19.8 Å². The van der Waals surface area contributed by atoms with Gasteiger partial charge in [-0.2, -0.15) is 0 Å². The molecule has 0 aromatic carbocycles. The monoisotopic (exact) mass is 223 g/mol. The van der Waals surface area contributed by atoms with Crippen LogP contribution in [0.2, 0.25) is 0 Å². The Morgan fingerprint density at radius 1 is 1.62 bits per heavy atom.